The van der Waals surface area contributed by atoms with Gasteiger partial charge in [-0.2, -0.15) is 0 Å². The molecule has 0 aromatic carbocycles. The molecule has 0 saturated heterocycles. The molecule has 0 radical (unpaired) electrons. The molecule has 0 fully saturated rings. The molecule has 0 amide bonds. The molecule has 3 heteroatoms. The second-order valence-corrected chi connectivity index (χ2v) is 0.125. The summed E-state index contributed by atoms with van der Waals surface area (Å²) in [5.74, 6) is 0. The van der Waals surface area contributed by atoms with Crippen LogP contribution in [0.3, 0.4) is 0 Å². The van der Waals surface area contributed by atoms with E-state index in [9.17, 15) is 0 Å². The van der Waals surface area contributed by atoms with Crippen molar-refractivity contribution in [1.29, 1.82) is 10.8 Å². The first-order valence-electron chi connectivity index (χ1n) is 0.500. The van der Waals surface area contributed by atoms with Gasteiger partial charge >= 0.3 is 18.9 Å². The Balaban J connectivity index is 0. The predicted molar refractivity (Wildman–Crippen MR) is 17.6 cm³/mol. The molecule has 0 spiro atoms. The molecule has 0 bridgehead atoms. The Kier molecular flexibility index (Phi) is 27.5. The Morgan fingerprint density at radius 1 is 1.25 bits per heavy atom. The minimum atomic E-state index is 0. The van der Waals surface area contributed by atoms with Gasteiger partial charge in [-0.25, -0.2) is 10.8 Å². The van der Waals surface area contributed by atoms with E-state index < -0.39 is 0 Å². The van der Waals surface area contributed by atoms with Gasteiger partial charge in [0.25, 0.3) is 0 Å². The van der Waals surface area contributed by atoms with Crippen LogP contribution in [-0.2, 0) is 0 Å². The van der Waals surface area contributed by atoms with Crippen LogP contribution >= 0.6 is 0 Å². The molecule has 0 rings (SSSR count). The van der Waals surface area contributed by atoms with Gasteiger partial charge in [-0.15, -0.1) is 0 Å². The molecule has 4 heavy (non-hydrogen) atoms. The second kappa shape index (κ2) is 12.2. The van der Waals surface area contributed by atoms with E-state index in [0.717, 1.165) is 0 Å². The minimum absolute atomic E-state index is 0. The van der Waals surface area contributed by atoms with Gasteiger partial charge in [0.2, 0.25) is 0 Å². The molecule has 0 aliphatic heterocycles. The van der Waals surface area contributed by atoms with E-state index in [-0.39, 0.29) is 18.9 Å². The monoisotopic (exact) mass is 50.0 g/mol. The summed E-state index contributed by atoms with van der Waals surface area (Å²) in [6.07, 6.45) is 0. The van der Waals surface area contributed by atoms with Crippen LogP contribution in [0.15, 0.2) is 0 Å². The van der Waals surface area contributed by atoms with Crippen molar-refractivity contribution in [2.24, 2.45) is 0 Å². The van der Waals surface area contributed by atoms with E-state index in [0.29, 0.717) is 0 Å². The quantitative estimate of drug-likeness (QED) is 0.279. The third-order valence-electron chi connectivity index (χ3n) is 0. The van der Waals surface area contributed by atoms with Gasteiger partial charge in [-0.3, -0.25) is 0 Å². The van der Waals surface area contributed by atoms with Crippen molar-refractivity contribution in [2.45, 2.75) is 0 Å². The summed E-state index contributed by atoms with van der Waals surface area (Å²) in [6.45, 7) is 0. The van der Waals surface area contributed by atoms with Crippen molar-refractivity contribution >= 4 is 24.9 Å². The van der Waals surface area contributed by atoms with Gasteiger partial charge in [-0.05, 0) is 0 Å². The van der Waals surface area contributed by atoms with Crippen LogP contribution < -0.4 is 0 Å². The van der Waals surface area contributed by atoms with E-state index in [4.69, 9.17) is 10.8 Å². The SMILES string of the molecule is N=C=N.[LiH]. The molecule has 0 unspecified atom stereocenters. The Morgan fingerprint density at radius 3 is 1.25 bits per heavy atom. The van der Waals surface area contributed by atoms with Crippen molar-refractivity contribution in [2.75, 3.05) is 0 Å². The van der Waals surface area contributed by atoms with Crippen molar-refractivity contribution in [3.05, 3.63) is 0 Å². The first-order chi connectivity index (χ1) is 1.41. The molecule has 2 nitrogen and oxygen atoms in total. The van der Waals surface area contributed by atoms with E-state index >= 15 is 0 Å². The fourth-order valence-electron chi connectivity index (χ4n) is 0. The standard InChI is InChI=1S/CH2N2.Li.H/c2-1-3;;/h2-3H;;. The molecule has 0 atom stereocenters. The summed E-state index contributed by atoms with van der Waals surface area (Å²) in [6, 6.07) is 1.25. The molecule has 2 N–H and O–H groups in total. The second-order valence-electron chi connectivity index (χ2n) is 0.125. The Hall–Kier alpha value is -0.0226. The van der Waals surface area contributed by atoms with Crippen molar-refractivity contribution < 1.29 is 0 Å². The van der Waals surface area contributed by atoms with Crippen LogP contribution in [0.2, 0.25) is 0 Å². The van der Waals surface area contributed by atoms with Crippen LogP contribution in [0.25, 0.3) is 0 Å². The summed E-state index contributed by atoms with van der Waals surface area (Å²) >= 11 is 0. The topological polar surface area (TPSA) is 47.7 Å². The third-order valence-corrected chi connectivity index (χ3v) is 0. The molecular formula is CH3LiN2. The Bertz CT molecular complexity index is 27.0. The first-order valence-corrected chi connectivity index (χ1v) is 0.500. The summed E-state index contributed by atoms with van der Waals surface area (Å²) in [7, 11) is 0. The molecule has 0 saturated carbocycles. The first kappa shape index (κ1) is 9.02. The average molecular weight is 50.0 g/mol. The zero-order valence-electron chi connectivity index (χ0n) is 1.50. The van der Waals surface area contributed by atoms with Gasteiger partial charge in [-0.1, -0.05) is 0 Å². The van der Waals surface area contributed by atoms with Gasteiger partial charge in [0.05, 0.1) is 6.01 Å². The molecule has 0 aliphatic carbocycles. The molecule has 18 valence electrons. The number of hydrogen-bond acceptors (Lipinski definition) is 2. The van der Waals surface area contributed by atoms with Gasteiger partial charge < -0.3 is 0 Å². The van der Waals surface area contributed by atoms with E-state index in [1.165, 1.54) is 6.01 Å². The summed E-state index contributed by atoms with van der Waals surface area (Å²) in [4.78, 5) is 0. The Morgan fingerprint density at radius 2 is 1.25 bits per heavy atom. The van der Waals surface area contributed by atoms with E-state index in [2.05, 4.69) is 0 Å². The third kappa shape index (κ3) is 3700. The van der Waals surface area contributed by atoms with Crippen LogP contribution in [-0.4, -0.2) is 24.9 Å². The molecule has 0 aromatic rings. The summed E-state index contributed by atoms with van der Waals surface area (Å²) < 4.78 is 0. The van der Waals surface area contributed by atoms with Crippen LogP contribution in [0.5, 0.6) is 0 Å². The number of nitrogens with one attached hydrogen (secondary N) is 2. The Labute approximate surface area is 36.4 Å². The maximum absolute atomic E-state index is 5.62. The van der Waals surface area contributed by atoms with Crippen molar-refractivity contribution in [1.82, 2.24) is 0 Å². The number of rotatable bonds is 0. The van der Waals surface area contributed by atoms with E-state index in [1.54, 1.807) is 0 Å². The molecular weight excluding hydrogens is 47.0 g/mol. The fourth-order valence-corrected chi connectivity index (χ4v) is 0. The molecule has 0 aliphatic rings. The number of hydrogen-bond donors (Lipinski definition) is 2. The maximum atomic E-state index is 5.62. The molecule has 0 heterocycles. The van der Waals surface area contributed by atoms with Crippen molar-refractivity contribution in [3.8, 4) is 0 Å². The van der Waals surface area contributed by atoms with Crippen molar-refractivity contribution in [3.63, 3.8) is 0 Å². The van der Waals surface area contributed by atoms with Gasteiger partial charge in [0, 0.05) is 0 Å². The summed E-state index contributed by atoms with van der Waals surface area (Å²) in [5.41, 5.74) is 0. The fraction of sp³-hybridized carbons (Fsp3) is 0. The average Bonchev–Trinajstić information content (AvgIpc) is 0.918. The zero-order valence-corrected chi connectivity index (χ0v) is 1.50. The van der Waals surface area contributed by atoms with Crippen LogP contribution in [0.1, 0.15) is 0 Å². The van der Waals surface area contributed by atoms with Gasteiger partial charge in [0.1, 0.15) is 0 Å². The normalized spacial score (nSPS) is 2.00. The molecule has 0 aromatic heterocycles. The van der Waals surface area contributed by atoms with Gasteiger partial charge in [0.15, 0.2) is 0 Å². The van der Waals surface area contributed by atoms with Crippen LogP contribution in [0.4, 0.5) is 0 Å². The summed E-state index contributed by atoms with van der Waals surface area (Å²) in [5, 5.41) is 11.2. The zero-order chi connectivity index (χ0) is 2.71. The van der Waals surface area contributed by atoms with Crippen LogP contribution in [0, 0.1) is 10.8 Å². The van der Waals surface area contributed by atoms with E-state index in [1.807, 2.05) is 0 Å². The predicted octanol–water partition coefficient (Wildman–Crippen LogP) is -0.331.